The minimum Gasteiger partial charge on any atom is -0.343 e. The highest BCUT2D eigenvalue weighted by Gasteiger charge is 2.10. The summed E-state index contributed by atoms with van der Waals surface area (Å²) >= 11 is 0. The topological polar surface area (TPSA) is 99.0 Å². The minimum atomic E-state index is -0.709. The second kappa shape index (κ2) is 6.54. The first-order valence-corrected chi connectivity index (χ1v) is 6.05. The van der Waals surface area contributed by atoms with Gasteiger partial charge in [0.15, 0.2) is 0 Å². The monoisotopic (exact) mass is 264 g/mol. The SMILES string of the molecule is CCN(CC)C(=O)CCn1cc(C#N)c(=O)[nH]c1=O. The van der Waals surface area contributed by atoms with Crippen LogP contribution in [0.15, 0.2) is 15.8 Å². The molecule has 102 valence electrons. The van der Waals surface area contributed by atoms with Gasteiger partial charge in [0.2, 0.25) is 5.91 Å². The first-order chi connectivity index (χ1) is 9.03. The number of nitriles is 1. The van der Waals surface area contributed by atoms with Crippen molar-refractivity contribution in [2.45, 2.75) is 26.8 Å². The van der Waals surface area contributed by atoms with Crippen molar-refractivity contribution in [1.82, 2.24) is 14.5 Å². The number of hydrogen-bond donors (Lipinski definition) is 1. The number of amides is 1. The number of nitrogens with one attached hydrogen (secondary N) is 1. The minimum absolute atomic E-state index is 0.0680. The van der Waals surface area contributed by atoms with E-state index in [0.717, 1.165) is 0 Å². The van der Waals surface area contributed by atoms with Crippen molar-refractivity contribution in [3.63, 3.8) is 0 Å². The Labute approximate surface area is 110 Å². The van der Waals surface area contributed by atoms with Crippen molar-refractivity contribution in [3.8, 4) is 6.07 Å². The van der Waals surface area contributed by atoms with Crippen LogP contribution in [0.3, 0.4) is 0 Å². The molecule has 1 aromatic heterocycles. The Morgan fingerprint density at radius 1 is 1.42 bits per heavy atom. The Kier molecular flexibility index (Phi) is 5.06. The third-order valence-electron chi connectivity index (χ3n) is 2.81. The van der Waals surface area contributed by atoms with E-state index in [1.54, 1.807) is 11.0 Å². The number of H-pyrrole nitrogens is 1. The van der Waals surface area contributed by atoms with E-state index in [1.165, 1.54) is 10.8 Å². The van der Waals surface area contributed by atoms with Crippen LogP contribution in [-0.4, -0.2) is 33.4 Å². The van der Waals surface area contributed by atoms with Crippen LogP contribution in [0.2, 0.25) is 0 Å². The molecule has 19 heavy (non-hydrogen) atoms. The number of carbonyl (C=O) groups is 1. The van der Waals surface area contributed by atoms with Crippen molar-refractivity contribution in [2.75, 3.05) is 13.1 Å². The van der Waals surface area contributed by atoms with Crippen LogP contribution >= 0.6 is 0 Å². The number of nitrogens with zero attached hydrogens (tertiary/aromatic N) is 3. The second-order valence-corrected chi connectivity index (χ2v) is 3.92. The maximum Gasteiger partial charge on any atom is 0.328 e. The number of rotatable bonds is 5. The van der Waals surface area contributed by atoms with Gasteiger partial charge in [-0.2, -0.15) is 5.26 Å². The molecule has 0 bridgehead atoms. The Hall–Kier alpha value is -2.36. The number of aromatic nitrogens is 2. The molecule has 0 saturated carbocycles. The summed E-state index contributed by atoms with van der Waals surface area (Å²) in [5.74, 6) is -0.0680. The quantitative estimate of drug-likeness (QED) is 0.786. The van der Waals surface area contributed by atoms with Gasteiger partial charge in [-0.1, -0.05) is 0 Å². The van der Waals surface area contributed by atoms with E-state index < -0.39 is 11.2 Å². The molecule has 0 atom stereocenters. The maximum absolute atomic E-state index is 11.8. The standard InChI is InChI=1S/C12H16N4O3/c1-3-15(4-2)10(17)5-6-16-8-9(7-13)11(18)14-12(16)19/h8H,3-6H2,1-2H3,(H,14,18,19). The zero-order valence-electron chi connectivity index (χ0n) is 11.0. The summed E-state index contributed by atoms with van der Waals surface area (Å²) in [5, 5.41) is 8.71. The summed E-state index contributed by atoms with van der Waals surface area (Å²) in [7, 11) is 0. The summed E-state index contributed by atoms with van der Waals surface area (Å²) < 4.78 is 1.17. The predicted octanol–water partition coefficient (Wildman–Crippen LogP) is -0.333. The van der Waals surface area contributed by atoms with Crippen LogP contribution < -0.4 is 11.2 Å². The second-order valence-electron chi connectivity index (χ2n) is 3.92. The molecule has 0 aliphatic heterocycles. The summed E-state index contributed by atoms with van der Waals surface area (Å²) in [6, 6.07) is 1.70. The molecule has 0 spiro atoms. The molecule has 0 aliphatic carbocycles. The van der Waals surface area contributed by atoms with E-state index >= 15 is 0 Å². The number of aryl methyl sites for hydroxylation is 1. The Balaban J connectivity index is 2.85. The first kappa shape index (κ1) is 14.7. The molecule has 1 rings (SSSR count). The Bertz CT molecular complexity index is 605. The third-order valence-corrected chi connectivity index (χ3v) is 2.81. The lowest BCUT2D eigenvalue weighted by molar-refractivity contribution is -0.131. The average molecular weight is 264 g/mol. The van der Waals surface area contributed by atoms with Crippen LogP contribution in [0.5, 0.6) is 0 Å². The molecule has 1 N–H and O–H groups in total. The zero-order chi connectivity index (χ0) is 14.4. The molecule has 7 heteroatoms. The lowest BCUT2D eigenvalue weighted by Gasteiger charge is -2.18. The van der Waals surface area contributed by atoms with Gasteiger partial charge in [-0.3, -0.25) is 19.1 Å². The van der Waals surface area contributed by atoms with Crippen LogP contribution in [0.25, 0.3) is 0 Å². The molecule has 0 aliphatic rings. The van der Waals surface area contributed by atoms with Gasteiger partial charge in [0, 0.05) is 32.3 Å². The normalized spacial score (nSPS) is 9.95. The molecule has 0 radical (unpaired) electrons. The van der Waals surface area contributed by atoms with Gasteiger partial charge in [0.25, 0.3) is 5.56 Å². The molecule has 7 nitrogen and oxygen atoms in total. The summed E-state index contributed by atoms with van der Waals surface area (Å²) in [5.41, 5.74) is -1.47. The van der Waals surface area contributed by atoms with Gasteiger partial charge in [0.1, 0.15) is 11.6 Å². The largest absolute Gasteiger partial charge is 0.343 e. The molecular weight excluding hydrogens is 248 g/mol. The molecular formula is C12H16N4O3. The van der Waals surface area contributed by atoms with Crippen LogP contribution in [0, 0.1) is 11.3 Å². The van der Waals surface area contributed by atoms with E-state index in [4.69, 9.17) is 5.26 Å². The third kappa shape index (κ3) is 3.55. The van der Waals surface area contributed by atoms with Crippen LogP contribution in [0.1, 0.15) is 25.8 Å². The number of aromatic amines is 1. The van der Waals surface area contributed by atoms with Crippen molar-refractivity contribution >= 4 is 5.91 Å². The van der Waals surface area contributed by atoms with E-state index in [2.05, 4.69) is 0 Å². The highest BCUT2D eigenvalue weighted by Crippen LogP contribution is 1.96. The van der Waals surface area contributed by atoms with Crippen LogP contribution in [-0.2, 0) is 11.3 Å². The molecule has 1 heterocycles. The van der Waals surface area contributed by atoms with Crippen molar-refractivity contribution in [3.05, 3.63) is 32.6 Å². The molecule has 0 aromatic carbocycles. The van der Waals surface area contributed by atoms with Gasteiger partial charge < -0.3 is 4.90 Å². The fourth-order valence-corrected chi connectivity index (χ4v) is 1.71. The first-order valence-electron chi connectivity index (χ1n) is 6.05. The number of carbonyl (C=O) groups excluding carboxylic acids is 1. The summed E-state index contributed by atoms with van der Waals surface area (Å²) in [6.45, 7) is 5.11. The maximum atomic E-state index is 11.8. The van der Waals surface area contributed by atoms with E-state index in [0.29, 0.717) is 13.1 Å². The van der Waals surface area contributed by atoms with E-state index in [9.17, 15) is 14.4 Å². The lowest BCUT2D eigenvalue weighted by Crippen LogP contribution is -2.34. The molecule has 1 amide bonds. The van der Waals surface area contributed by atoms with Gasteiger partial charge in [-0.15, -0.1) is 0 Å². The smallest absolute Gasteiger partial charge is 0.328 e. The van der Waals surface area contributed by atoms with E-state index in [1.807, 2.05) is 18.8 Å². The van der Waals surface area contributed by atoms with Crippen molar-refractivity contribution < 1.29 is 4.79 Å². The Morgan fingerprint density at radius 3 is 2.58 bits per heavy atom. The fraction of sp³-hybridized carbons (Fsp3) is 0.500. The van der Waals surface area contributed by atoms with Gasteiger partial charge in [-0.05, 0) is 13.8 Å². The molecule has 0 saturated heterocycles. The fourth-order valence-electron chi connectivity index (χ4n) is 1.71. The molecule has 0 fully saturated rings. The summed E-state index contributed by atoms with van der Waals surface area (Å²) in [6.07, 6.45) is 1.33. The molecule has 0 unspecified atom stereocenters. The van der Waals surface area contributed by atoms with E-state index in [-0.39, 0.29) is 24.4 Å². The van der Waals surface area contributed by atoms with Gasteiger partial charge in [-0.25, -0.2) is 4.79 Å². The highest BCUT2D eigenvalue weighted by molar-refractivity contribution is 5.75. The van der Waals surface area contributed by atoms with Crippen molar-refractivity contribution in [1.29, 1.82) is 5.26 Å². The Morgan fingerprint density at radius 2 is 2.05 bits per heavy atom. The lowest BCUT2D eigenvalue weighted by atomic mass is 10.3. The van der Waals surface area contributed by atoms with Gasteiger partial charge >= 0.3 is 5.69 Å². The molecule has 1 aromatic rings. The highest BCUT2D eigenvalue weighted by atomic mass is 16.2. The number of hydrogen-bond acceptors (Lipinski definition) is 4. The van der Waals surface area contributed by atoms with Crippen LogP contribution in [0.4, 0.5) is 0 Å². The zero-order valence-corrected chi connectivity index (χ0v) is 11.0. The summed E-state index contributed by atoms with van der Waals surface area (Å²) in [4.78, 5) is 38.2. The predicted molar refractivity (Wildman–Crippen MR) is 68.6 cm³/mol. The van der Waals surface area contributed by atoms with Gasteiger partial charge in [0.05, 0.1) is 0 Å². The average Bonchev–Trinajstić information content (AvgIpc) is 2.39. The van der Waals surface area contributed by atoms with Crippen molar-refractivity contribution in [2.24, 2.45) is 0 Å².